The fourth-order valence-electron chi connectivity index (χ4n) is 0. The number of halogens is 1. The second-order valence-electron chi connectivity index (χ2n) is 1.95. The number of aliphatic carboxylic acids is 1. The third-order valence-electron chi connectivity index (χ3n) is 0.368. The SMILES string of the molecule is O=C([O-])C[Se-].[Co+3].[NH-]CC[NH-].[NH-]CC[NH-].[O-][Cl+](O)(O)O. The first-order valence-corrected chi connectivity index (χ1v) is 6.66. The third kappa shape index (κ3) is 251. The Hall–Kier alpha value is 0.466. The molecule has 0 aliphatic heterocycles. The van der Waals surface area contributed by atoms with Gasteiger partial charge in [-0.3, -0.25) is 0 Å². The molecular formula is C6H17ClCoN4O6Se-3. The molecule has 0 fully saturated rings. The topological polar surface area (TPSA) is 219 Å². The molecule has 0 heterocycles. The van der Waals surface area contributed by atoms with E-state index in [2.05, 4.69) is 16.0 Å². The summed E-state index contributed by atoms with van der Waals surface area (Å²) in [5.41, 5.74) is 25.1. The van der Waals surface area contributed by atoms with Crippen molar-refractivity contribution in [2.75, 3.05) is 26.2 Å². The Morgan fingerprint density at radius 3 is 1.11 bits per heavy atom. The maximum atomic E-state index is 9.23. The van der Waals surface area contributed by atoms with Gasteiger partial charge in [0.15, 0.2) is 0 Å². The van der Waals surface area contributed by atoms with E-state index in [0.717, 1.165) is 0 Å². The predicted octanol–water partition coefficient (Wildman–Crippen LogP) is -2.36. The van der Waals surface area contributed by atoms with Gasteiger partial charge in [0.2, 0.25) is 0 Å². The summed E-state index contributed by atoms with van der Waals surface area (Å²) in [5.74, 6) is -1.05. The number of carbonyl (C=O) groups excluding carboxylic acids is 1. The summed E-state index contributed by atoms with van der Waals surface area (Å²) < 4.78 is 30.2. The van der Waals surface area contributed by atoms with Crippen molar-refractivity contribution in [1.82, 2.24) is 0 Å². The van der Waals surface area contributed by atoms with Gasteiger partial charge in [0.1, 0.15) is 0 Å². The second-order valence-corrected chi connectivity index (χ2v) is 3.42. The van der Waals surface area contributed by atoms with E-state index in [9.17, 15) is 9.90 Å². The molecule has 0 rings (SSSR count). The molecule has 0 atom stereocenters. The minimum absolute atomic E-state index is 0. The summed E-state index contributed by atoms with van der Waals surface area (Å²) in [5, 5.41) is 9.21. The molecule has 122 valence electrons. The molecule has 0 saturated heterocycles. The number of hydrogen-bond donors (Lipinski definition) is 3. The Balaban J connectivity index is -0.0000000453. The number of carboxylic acids is 1. The molecule has 0 radical (unpaired) electrons. The Morgan fingerprint density at radius 1 is 1.00 bits per heavy atom. The molecule has 0 amide bonds. The average molecular weight is 415 g/mol. The summed E-state index contributed by atoms with van der Waals surface area (Å²) in [6.07, 6.45) is 0. The molecule has 7 N–H and O–H groups in total. The van der Waals surface area contributed by atoms with Crippen LogP contribution in [-0.2, 0) is 21.6 Å². The number of rotatable bonds is 3. The molecule has 0 aliphatic rings. The van der Waals surface area contributed by atoms with E-state index < -0.39 is 16.2 Å². The predicted molar refractivity (Wildman–Crippen MR) is 59.0 cm³/mol. The van der Waals surface area contributed by atoms with E-state index in [1.807, 2.05) is 0 Å². The van der Waals surface area contributed by atoms with Gasteiger partial charge in [-0.15, -0.1) is 0 Å². The van der Waals surface area contributed by atoms with Gasteiger partial charge in [-0.25, -0.2) is 0 Å². The number of hydrogen-bond acceptors (Lipinski definition) is 6. The van der Waals surface area contributed by atoms with Crippen molar-refractivity contribution >= 4 is 22.0 Å². The summed E-state index contributed by atoms with van der Waals surface area (Å²) in [4.78, 5) is 9.23. The van der Waals surface area contributed by atoms with Crippen LogP contribution in [0.3, 0.4) is 0 Å². The van der Waals surface area contributed by atoms with Crippen molar-refractivity contribution in [1.29, 1.82) is 0 Å². The Kier molecular flexibility index (Phi) is 44.9. The van der Waals surface area contributed by atoms with E-state index >= 15 is 0 Å². The molecule has 0 saturated carbocycles. The Morgan fingerprint density at radius 2 is 1.11 bits per heavy atom. The van der Waals surface area contributed by atoms with Gasteiger partial charge in [0.05, 0.1) is 0 Å². The Bertz CT molecular complexity index is 153. The second kappa shape index (κ2) is 26.9. The first kappa shape index (κ1) is 31.7. The van der Waals surface area contributed by atoms with E-state index in [-0.39, 0.29) is 48.3 Å². The van der Waals surface area contributed by atoms with Crippen molar-refractivity contribution in [2.45, 2.75) is 5.32 Å². The molecular weight excluding hydrogens is 397 g/mol. The van der Waals surface area contributed by atoms with Crippen LogP contribution >= 0.6 is 0 Å². The number of nitrogens with one attached hydrogen (secondary N) is 4. The van der Waals surface area contributed by atoms with E-state index in [0.29, 0.717) is 0 Å². The van der Waals surface area contributed by atoms with Crippen LogP contribution in [-0.4, -0.2) is 62.1 Å². The van der Waals surface area contributed by atoms with Gasteiger partial charge in [-0.05, 0) is 0 Å². The van der Waals surface area contributed by atoms with Crippen LogP contribution in [0.1, 0.15) is 0 Å². The molecule has 0 aromatic rings. The van der Waals surface area contributed by atoms with Crippen LogP contribution in [0.5, 0.6) is 0 Å². The molecule has 0 bridgehead atoms. The van der Waals surface area contributed by atoms with Crippen LogP contribution in [0.15, 0.2) is 0 Å². The van der Waals surface area contributed by atoms with E-state index in [1.54, 1.807) is 0 Å². The maximum absolute atomic E-state index is 9.23. The van der Waals surface area contributed by atoms with Crippen molar-refractivity contribution in [2.24, 2.45) is 0 Å². The van der Waals surface area contributed by atoms with Gasteiger partial charge in [0, 0.05) is 0 Å². The van der Waals surface area contributed by atoms with Crippen molar-refractivity contribution < 1.29 is 55.6 Å². The van der Waals surface area contributed by atoms with Crippen LogP contribution in [0.4, 0.5) is 0 Å². The van der Waals surface area contributed by atoms with Gasteiger partial charge < -0.3 is 22.9 Å². The Labute approximate surface area is 132 Å². The quantitative estimate of drug-likeness (QED) is 0.428. The zero-order valence-corrected chi connectivity index (χ0v) is 13.2. The van der Waals surface area contributed by atoms with E-state index in [1.165, 1.54) is 0 Å². The minimum atomic E-state index is -4.19. The van der Waals surface area contributed by atoms with Crippen molar-refractivity contribution in [3.63, 3.8) is 0 Å². The molecule has 0 spiro atoms. The summed E-state index contributed by atoms with van der Waals surface area (Å²) >= 11 is 2.28. The fraction of sp³-hybridized carbons (Fsp3) is 0.833. The molecule has 13 heteroatoms. The summed E-state index contributed by atoms with van der Waals surface area (Å²) in [7, 11) is -4.19. The van der Waals surface area contributed by atoms with Gasteiger partial charge in [-0.2, -0.15) is 26.2 Å². The molecule has 10 nitrogen and oxygen atoms in total. The van der Waals surface area contributed by atoms with Crippen LogP contribution < -0.4 is 9.77 Å². The average Bonchev–Trinajstić information content (AvgIpc) is 2.27. The normalized spacial score (nSPS) is 9.11. The monoisotopic (exact) mass is 415 g/mol. The van der Waals surface area contributed by atoms with Crippen LogP contribution in [0.2, 0.25) is 5.32 Å². The first-order valence-electron chi connectivity index (χ1n) is 4.13. The van der Waals surface area contributed by atoms with E-state index in [4.69, 9.17) is 41.6 Å². The summed E-state index contributed by atoms with van der Waals surface area (Å²) in [6.45, 7) is 0.944. The van der Waals surface area contributed by atoms with Gasteiger partial charge in [0.25, 0.3) is 0 Å². The molecule has 19 heavy (non-hydrogen) atoms. The molecule has 0 aromatic heterocycles. The van der Waals surface area contributed by atoms with Crippen LogP contribution in [0, 0.1) is 10.2 Å². The van der Waals surface area contributed by atoms with Gasteiger partial charge in [-0.1, -0.05) is 0 Å². The first-order chi connectivity index (χ1) is 8.10. The standard InChI is InChI=1S/2C2H6N2.C2H4O2Se.ClH3O4.Co/c2*3-1-2-4;3-2(4)1-5;2-1(3,4)5;/h2*3-4H,1-2H2;5H,1H2,(H,3,4);2-4H;/q2*-2;;;+3/p-2. The molecule has 0 aromatic carbocycles. The number of carboxylic acid groups (broad SMARTS) is 1. The van der Waals surface area contributed by atoms with Crippen LogP contribution in [0.25, 0.3) is 22.9 Å². The zero-order chi connectivity index (χ0) is 15.6. The number of carbonyl (C=O) groups is 1. The van der Waals surface area contributed by atoms with Crippen molar-refractivity contribution in [3.8, 4) is 0 Å². The molecule has 0 aliphatic carbocycles. The fourth-order valence-corrected chi connectivity index (χ4v) is 0. The molecule has 0 unspecified atom stereocenters. The van der Waals surface area contributed by atoms with Crippen molar-refractivity contribution in [3.05, 3.63) is 22.9 Å². The third-order valence-corrected chi connectivity index (χ3v) is 0.862. The van der Waals surface area contributed by atoms with Gasteiger partial charge >= 0.3 is 82.9 Å². The summed E-state index contributed by atoms with van der Waals surface area (Å²) in [6, 6.07) is 0. The zero-order valence-electron chi connectivity index (χ0n) is 9.72.